The Bertz CT molecular complexity index is 2300. The van der Waals surface area contributed by atoms with E-state index in [0.717, 1.165) is 0 Å². The molecule has 0 aromatic heterocycles. The number of carboxylic acids is 1. The van der Waals surface area contributed by atoms with Crippen LogP contribution in [0, 0.1) is 0 Å². The van der Waals surface area contributed by atoms with Gasteiger partial charge >= 0.3 is 5.97 Å². The van der Waals surface area contributed by atoms with Crippen molar-refractivity contribution in [3.63, 3.8) is 0 Å². The van der Waals surface area contributed by atoms with E-state index in [9.17, 15) is 29.7 Å². The zero-order chi connectivity index (χ0) is 33.1. The number of carbonyl (C=O) groups excluding carboxylic acids is 2. The minimum atomic E-state index is -1.53. The van der Waals surface area contributed by atoms with Crippen LogP contribution >= 0.6 is 11.8 Å². The predicted octanol–water partition coefficient (Wildman–Crippen LogP) is 4.97. The quantitative estimate of drug-likeness (QED) is 0.192. The Morgan fingerprint density at radius 1 is 0.848 bits per heavy atom. The predicted molar refractivity (Wildman–Crippen MR) is 172 cm³/mol. The summed E-state index contributed by atoms with van der Waals surface area (Å²) in [5.41, 5.74) is 0.521. The first-order valence-electron chi connectivity index (χ1n) is 14.3. The number of thioether (sulfide) groups is 1. The van der Waals surface area contributed by atoms with Crippen LogP contribution in [0.5, 0.6) is 28.7 Å². The van der Waals surface area contributed by atoms with E-state index in [1.165, 1.54) is 60.1 Å². The van der Waals surface area contributed by atoms with Crippen molar-refractivity contribution in [1.29, 1.82) is 0 Å². The first-order valence-corrected chi connectivity index (χ1v) is 15.3. The highest BCUT2D eigenvalue weighted by Gasteiger charge is 2.42. The number of phenolic OH excluding ortho intramolecular Hbond substituents is 2. The third kappa shape index (κ3) is 3.44. The summed E-state index contributed by atoms with van der Waals surface area (Å²) in [4.78, 5) is 44.9. The molecule has 0 fully saturated rings. The van der Waals surface area contributed by atoms with Gasteiger partial charge in [0.05, 0.1) is 49.6 Å². The Labute approximate surface area is 266 Å². The molecule has 11 nitrogen and oxygen atoms in total. The van der Waals surface area contributed by atoms with Crippen LogP contribution in [0.4, 0.5) is 0 Å². The lowest BCUT2D eigenvalue weighted by molar-refractivity contribution is -0.141. The van der Waals surface area contributed by atoms with Crippen molar-refractivity contribution in [2.75, 3.05) is 34.2 Å². The van der Waals surface area contributed by atoms with Crippen molar-refractivity contribution in [1.82, 2.24) is 0 Å². The monoisotopic (exact) mass is 643 g/mol. The third-order valence-electron chi connectivity index (χ3n) is 9.22. The number of nitrogens with zero attached hydrogens (tertiary/aromatic N) is 1. The first kappa shape index (κ1) is 29.7. The zero-order valence-electron chi connectivity index (χ0n) is 26.0. The van der Waals surface area contributed by atoms with Crippen molar-refractivity contribution in [3.05, 3.63) is 39.3 Å². The lowest BCUT2D eigenvalue weighted by Gasteiger charge is -2.30. The number of rotatable bonds is 6. The summed E-state index contributed by atoms with van der Waals surface area (Å²) in [6.07, 6.45) is 1.42. The number of aliphatic carboxylic acids is 1. The summed E-state index contributed by atoms with van der Waals surface area (Å²) < 4.78 is 23.5. The molecule has 0 amide bonds. The molecule has 1 unspecified atom stereocenters. The molecule has 1 heterocycles. The van der Waals surface area contributed by atoms with Crippen LogP contribution in [-0.4, -0.2) is 72.6 Å². The number of methoxy groups -OCH3 is 4. The van der Waals surface area contributed by atoms with Gasteiger partial charge in [-0.3, -0.25) is 14.6 Å². The standard InChI is InChI=1S/C34H29NO10S/c1-11-8-13-17-20-22-18(27(38)30(44-6)23(20)16(11)12(2)36)14(37)9-15(42-4)19(22)24-21(17)25(28(39)29(13)43-5)26-32(31(24)45-7)46-10-34(3,35-26)33(40)41/h9,38-39H,8,10H2,1-7H3,(H,40,41). The Morgan fingerprint density at radius 3 is 2.11 bits per heavy atom. The van der Waals surface area contributed by atoms with E-state index in [-0.39, 0.29) is 68.4 Å². The van der Waals surface area contributed by atoms with E-state index in [1.807, 2.05) is 0 Å². The fourth-order valence-electron chi connectivity index (χ4n) is 7.36. The highest BCUT2D eigenvalue weighted by Crippen LogP contribution is 2.59. The molecule has 1 aliphatic heterocycles. The Hall–Kier alpha value is -4.97. The van der Waals surface area contributed by atoms with Gasteiger partial charge in [0, 0.05) is 55.6 Å². The van der Waals surface area contributed by atoms with Gasteiger partial charge in [0.1, 0.15) is 11.5 Å². The highest BCUT2D eigenvalue weighted by molar-refractivity contribution is 7.99. The maximum Gasteiger partial charge on any atom is 0.332 e. The van der Waals surface area contributed by atoms with Gasteiger partial charge in [-0.25, -0.2) is 4.79 Å². The molecule has 4 aromatic rings. The van der Waals surface area contributed by atoms with E-state index < -0.39 is 23.0 Å². The van der Waals surface area contributed by atoms with Gasteiger partial charge in [-0.05, 0) is 32.6 Å². The smallest absolute Gasteiger partial charge is 0.332 e. The molecule has 0 saturated carbocycles. The molecule has 2 aliphatic carbocycles. The average Bonchev–Trinajstić information content (AvgIpc) is 3.14. The second-order valence-corrected chi connectivity index (χ2v) is 12.8. The van der Waals surface area contributed by atoms with Crippen LogP contribution in [0.1, 0.15) is 47.8 Å². The molecule has 1 atom stereocenters. The van der Waals surface area contributed by atoms with Crippen molar-refractivity contribution in [2.45, 2.75) is 37.6 Å². The summed E-state index contributed by atoms with van der Waals surface area (Å²) in [5.74, 6) is -2.03. The number of carboxylic acid groups (broad SMARTS) is 1. The van der Waals surface area contributed by atoms with E-state index in [2.05, 4.69) is 0 Å². The molecule has 12 heteroatoms. The molecule has 0 saturated heterocycles. The highest BCUT2D eigenvalue weighted by atomic mass is 32.2. The summed E-state index contributed by atoms with van der Waals surface area (Å²) in [5, 5.41) is 36.5. The van der Waals surface area contributed by atoms with Crippen LogP contribution in [0.2, 0.25) is 0 Å². The number of ether oxygens (including phenoxy) is 4. The summed E-state index contributed by atoms with van der Waals surface area (Å²) >= 11 is 1.22. The lowest BCUT2D eigenvalue weighted by Crippen LogP contribution is -2.41. The Kier molecular flexibility index (Phi) is 6.31. The molecular weight excluding hydrogens is 614 g/mol. The second-order valence-electron chi connectivity index (χ2n) is 11.8. The van der Waals surface area contributed by atoms with E-state index in [4.69, 9.17) is 23.9 Å². The zero-order valence-corrected chi connectivity index (χ0v) is 26.9. The van der Waals surface area contributed by atoms with Crippen LogP contribution in [0.25, 0.3) is 43.6 Å². The van der Waals surface area contributed by atoms with Gasteiger partial charge in [-0.2, -0.15) is 0 Å². The van der Waals surface area contributed by atoms with Gasteiger partial charge in [0.2, 0.25) is 0 Å². The maximum atomic E-state index is 13.8. The van der Waals surface area contributed by atoms with Gasteiger partial charge in [0.25, 0.3) is 0 Å². The number of phenols is 2. The number of hydrogen-bond acceptors (Lipinski definition) is 11. The van der Waals surface area contributed by atoms with Crippen LogP contribution in [0.3, 0.4) is 0 Å². The molecule has 7 rings (SSSR count). The van der Waals surface area contributed by atoms with Gasteiger partial charge in [0.15, 0.2) is 40.1 Å². The topological polar surface area (TPSA) is 161 Å². The second kappa shape index (κ2) is 9.76. The molecule has 3 aliphatic rings. The minimum absolute atomic E-state index is 0.0405. The molecule has 4 aromatic carbocycles. The normalized spacial score (nSPS) is 18.4. The summed E-state index contributed by atoms with van der Waals surface area (Å²) in [6, 6.07) is 0. The SMILES string of the molecule is COC1=CC(=O)c2c(O)c(OC)c3c4c2c1c1c(OC)c2c(c5c(O)c(OC)c(c4c15)CC(C)=C3C(C)=O)=NC(C)(C(=O)O)CS2. The molecule has 236 valence electrons. The van der Waals surface area contributed by atoms with Gasteiger partial charge in [-0.1, -0.05) is 5.57 Å². The van der Waals surface area contributed by atoms with E-state index >= 15 is 0 Å². The minimum Gasteiger partial charge on any atom is -0.504 e. The van der Waals surface area contributed by atoms with Crippen molar-refractivity contribution in [2.24, 2.45) is 4.99 Å². The molecular formula is C34H29NO10S. The van der Waals surface area contributed by atoms with Crippen molar-refractivity contribution < 1.29 is 48.7 Å². The first-order chi connectivity index (χ1) is 21.9. The van der Waals surface area contributed by atoms with E-state index in [1.54, 1.807) is 6.92 Å². The van der Waals surface area contributed by atoms with Crippen molar-refractivity contribution in [3.8, 4) is 28.7 Å². The average molecular weight is 644 g/mol. The van der Waals surface area contributed by atoms with Crippen molar-refractivity contribution >= 4 is 72.9 Å². The van der Waals surface area contributed by atoms with E-state index in [0.29, 0.717) is 54.3 Å². The lowest BCUT2D eigenvalue weighted by atomic mass is 9.79. The van der Waals surface area contributed by atoms with Crippen LogP contribution in [0.15, 0.2) is 21.5 Å². The summed E-state index contributed by atoms with van der Waals surface area (Å²) in [7, 11) is 5.65. The number of fused-ring (bicyclic) bond motifs is 3. The Morgan fingerprint density at radius 2 is 1.52 bits per heavy atom. The number of carbonyl (C=O) groups is 3. The summed E-state index contributed by atoms with van der Waals surface area (Å²) in [6.45, 7) is 4.70. The molecule has 0 bridgehead atoms. The third-order valence-corrected chi connectivity index (χ3v) is 10.6. The fraction of sp³-hybridized carbons (Fsp3) is 0.294. The largest absolute Gasteiger partial charge is 0.504 e. The molecule has 46 heavy (non-hydrogen) atoms. The van der Waals surface area contributed by atoms with Crippen LogP contribution in [-0.2, 0) is 20.7 Å². The molecule has 0 radical (unpaired) electrons. The Balaban J connectivity index is 1.97. The number of aromatic hydroxyl groups is 2. The van der Waals surface area contributed by atoms with Gasteiger partial charge in [-0.15, -0.1) is 11.8 Å². The number of ketones is 2. The number of hydrogen-bond donors (Lipinski definition) is 3. The fourth-order valence-corrected chi connectivity index (χ4v) is 8.58. The van der Waals surface area contributed by atoms with Gasteiger partial charge < -0.3 is 34.3 Å². The number of allylic oxidation sites excluding steroid dienone is 3. The number of Topliss-reactive ketones (excluding diaryl/α,β-unsaturated/α-hetero) is 1. The number of benzene rings is 4. The maximum absolute atomic E-state index is 13.8. The molecule has 3 N–H and O–H groups in total. The molecule has 0 spiro atoms. The van der Waals surface area contributed by atoms with Crippen LogP contribution < -0.4 is 19.6 Å².